The average Bonchev–Trinajstić information content (AvgIpc) is 3.53. The molecule has 1 aromatic heterocycles. The lowest BCUT2D eigenvalue weighted by Gasteiger charge is -2.29. The Morgan fingerprint density at radius 2 is 1.36 bits per heavy atom. The second-order valence-corrected chi connectivity index (χ2v) is 13.1. The number of rotatable bonds is 5. The third kappa shape index (κ3) is 5.36. The van der Waals surface area contributed by atoms with Crippen LogP contribution in [0, 0.1) is 5.92 Å². The Labute approximate surface area is 291 Å². The number of aromatic nitrogens is 1. The lowest BCUT2D eigenvalue weighted by atomic mass is 9.77. The zero-order chi connectivity index (χ0) is 33.4. The molecule has 6 aromatic carbocycles. The molecule has 2 N–H and O–H groups in total. The number of hydrogen-bond donors (Lipinski definition) is 1. The van der Waals surface area contributed by atoms with Gasteiger partial charge < -0.3 is 10.3 Å². The second-order valence-electron chi connectivity index (χ2n) is 13.1. The van der Waals surface area contributed by atoms with Crippen molar-refractivity contribution in [2.24, 2.45) is 21.6 Å². The van der Waals surface area contributed by atoms with Crippen LogP contribution < -0.4 is 5.73 Å². The summed E-state index contributed by atoms with van der Waals surface area (Å²) in [6.45, 7) is 0. The van der Waals surface area contributed by atoms with Crippen LogP contribution in [0.25, 0.3) is 44.4 Å². The Morgan fingerprint density at radius 3 is 2.18 bits per heavy atom. The summed E-state index contributed by atoms with van der Waals surface area (Å²) in [7, 11) is 0. The van der Waals surface area contributed by atoms with Crippen molar-refractivity contribution in [3.8, 4) is 0 Å². The Bertz CT molecular complexity index is 2560. The lowest BCUT2D eigenvalue weighted by molar-refractivity contribution is 0.767. The fourth-order valence-corrected chi connectivity index (χ4v) is 7.71. The van der Waals surface area contributed by atoms with Crippen LogP contribution in [-0.4, -0.2) is 16.2 Å². The van der Waals surface area contributed by atoms with Gasteiger partial charge in [0, 0.05) is 28.0 Å². The Kier molecular flexibility index (Phi) is 7.55. The van der Waals surface area contributed by atoms with E-state index in [2.05, 4.69) is 108 Å². The molecule has 4 heteroatoms. The highest BCUT2D eigenvalue weighted by Crippen LogP contribution is 2.41. The van der Waals surface area contributed by atoms with Gasteiger partial charge in [-0.1, -0.05) is 133 Å². The van der Waals surface area contributed by atoms with Crippen molar-refractivity contribution in [2.75, 3.05) is 0 Å². The molecular weight excluding hydrogens is 609 g/mol. The van der Waals surface area contributed by atoms with Crippen LogP contribution in [0.3, 0.4) is 0 Å². The number of allylic oxidation sites excluding steroid dienone is 4. The van der Waals surface area contributed by atoms with Crippen molar-refractivity contribution in [1.82, 2.24) is 4.57 Å². The van der Waals surface area contributed by atoms with Crippen molar-refractivity contribution in [2.45, 2.75) is 19.3 Å². The van der Waals surface area contributed by atoms with Crippen LogP contribution in [0.5, 0.6) is 0 Å². The van der Waals surface area contributed by atoms with Gasteiger partial charge in [-0.3, -0.25) is 0 Å². The molecular formula is C46H36N4. The van der Waals surface area contributed by atoms with Gasteiger partial charge in [0.1, 0.15) is 5.84 Å². The van der Waals surface area contributed by atoms with Crippen LogP contribution >= 0.6 is 0 Å². The summed E-state index contributed by atoms with van der Waals surface area (Å²) in [5, 5.41) is 5.16. The minimum atomic E-state index is -0.0737. The van der Waals surface area contributed by atoms with E-state index in [-0.39, 0.29) is 5.92 Å². The maximum absolute atomic E-state index is 7.05. The van der Waals surface area contributed by atoms with Gasteiger partial charge in [0.15, 0.2) is 5.84 Å². The molecule has 0 radical (unpaired) electrons. The van der Waals surface area contributed by atoms with E-state index in [0.717, 1.165) is 30.5 Å². The first kappa shape index (κ1) is 29.8. The van der Waals surface area contributed by atoms with Gasteiger partial charge in [-0.15, -0.1) is 0 Å². The van der Waals surface area contributed by atoms with Gasteiger partial charge in [0.2, 0.25) is 0 Å². The fourth-order valence-electron chi connectivity index (χ4n) is 7.71. The van der Waals surface area contributed by atoms with Gasteiger partial charge >= 0.3 is 0 Å². The average molecular weight is 645 g/mol. The van der Waals surface area contributed by atoms with Crippen molar-refractivity contribution in [1.29, 1.82) is 0 Å². The normalized spacial score (nSPS) is 16.6. The Hall–Kier alpha value is -6.26. The quantitative estimate of drug-likeness (QED) is 0.147. The van der Waals surface area contributed by atoms with Crippen LogP contribution in [0.1, 0.15) is 29.5 Å². The molecule has 0 saturated heterocycles. The van der Waals surface area contributed by atoms with Crippen molar-refractivity contribution >= 4 is 61.7 Å². The maximum Gasteiger partial charge on any atom is 0.161 e. The molecule has 0 aliphatic heterocycles. The van der Waals surface area contributed by atoms with Crippen molar-refractivity contribution in [3.63, 3.8) is 0 Å². The first-order valence-corrected chi connectivity index (χ1v) is 17.4. The maximum atomic E-state index is 7.05. The van der Waals surface area contributed by atoms with E-state index in [9.17, 15) is 0 Å². The molecule has 0 spiro atoms. The number of hydrogen-bond acceptors (Lipinski definition) is 1. The highest BCUT2D eigenvalue weighted by Gasteiger charge is 2.28. The molecule has 1 heterocycles. The summed E-state index contributed by atoms with van der Waals surface area (Å²) in [6, 6.07) is 50.8. The molecule has 0 amide bonds. The van der Waals surface area contributed by atoms with E-state index in [0.29, 0.717) is 11.7 Å². The largest absolute Gasteiger partial charge is 0.387 e. The monoisotopic (exact) mass is 644 g/mol. The number of amidine groups is 2. The number of nitrogens with zero attached hydrogens (tertiary/aromatic N) is 3. The van der Waals surface area contributed by atoms with Crippen LogP contribution in [0.2, 0.25) is 0 Å². The summed E-state index contributed by atoms with van der Waals surface area (Å²) in [5.41, 5.74) is 17.7. The van der Waals surface area contributed by atoms with Gasteiger partial charge in [-0.2, -0.15) is 0 Å². The lowest BCUT2D eigenvalue weighted by Crippen LogP contribution is -2.31. The number of para-hydroxylation sites is 2. The number of benzene rings is 6. The molecule has 0 bridgehead atoms. The molecule has 1 atom stereocenters. The third-order valence-electron chi connectivity index (χ3n) is 10.1. The minimum Gasteiger partial charge on any atom is -0.387 e. The molecule has 2 aliphatic carbocycles. The second kappa shape index (κ2) is 12.6. The molecule has 4 nitrogen and oxygen atoms in total. The zero-order valence-electron chi connectivity index (χ0n) is 27.7. The summed E-state index contributed by atoms with van der Waals surface area (Å²) < 4.78 is 2.47. The molecule has 240 valence electrons. The van der Waals surface area contributed by atoms with Gasteiger partial charge in [0.05, 0.1) is 16.7 Å². The van der Waals surface area contributed by atoms with Gasteiger partial charge in [-0.25, -0.2) is 9.98 Å². The molecule has 1 unspecified atom stereocenters. The molecule has 0 fully saturated rings. The smallest absolute Gasteiger partial charge is 0.161 e. The molecule has 50 heavy (non-hydrogen) atoms. The number of nitrogens with two attached hydrogens (primary N) is 1. The molecule has 9 rings (SSSR count). The summed E-state index contributed by atoms with van der Waals surface area (Å²) in [5.74, 6) is 1.12. The van der Waals surface area contributed by atoms with E-state index in [1.54, 1.807) is 0 Å². The van der Waals surface area contributed by atoms with Gasteiger partial charge in [0.25, 0.3) is 0 Å². The van der Waals surface area contributed by atoms with E-state index in [1.807, 2.05) is 60.7 Å². The highest BCUT2D eigenvalue weighted by atomic mass is 15.0. The topological polar surface area (TPSA) is 55.7 Å². The first-order valence-electron chi connectivity index (χ1n) is 17.4. The first-order chi connectivity index (χ1) is 24.7. The molecule has 7 aromatic rings. The minimum absolute atomic E-state index is 0.0737. The Morgan fingerprint density at radius 1 is 0.640 bits per heavy atom. The van der Waals surface area contributed by atoms with Crippen molar-refractivity contribution in [3.05, 3.63) is 186 Å². The van der Waals surface area contributed by atoms with Crippen LogP contribution in [-0.2, 0) is 6.42 Å². The molecule has 2 aliphatic rings. The van der Waals surface area contributed by atoms with Gasteiger partial charge in [-0.05, 0) is 82.6 Å². The summed E-state index contributed by atoms with van der Waals surface area (Å²) in [6.07, 6.45) is 9.58. The standard InChI is InChI=1S/C46H36N4/c47-45(49-46(33-14-3-1-4-15-33)48-36-18-5-2-6-19-36)41-30-35-17-8-7-16-34(35)29-40(41)32-23-26-37(27-24-32)50-42-22-12-11-21-39(42)44-38-20-10-9-13-31(38)25-28-43(44)50/h1-23,25-26,28-29,41H,24,27,30H2,(H2,47,48,49). The number of aliphatic imine (C=N–C) groups is 2. The van der Waals surface area contributed by atoms with Crippen LogP contribution in [0.4, 0.5) is 5.69 Å². The predicted octanol–water partition coefficient (Wildman–Crippen LogP) is 10.9. The molecule has 0 saturated carbocycles. The predicted molar refractivity (Wildman–Crippen MR) is 211 cm³/mol. The zero-order valence-corrected chi connectivity index (χ0v) is 27.7. The van der Waals surface area contributed by atoms with E-state index in [1.165, 1.54) is 60.5 Å². The van der Waals surface area contributed by atoms with E-state index >= 15 is 0 Å². The van der Waals surface area contributed by atoms with E-state index < -0.39 is 0 Å². The van der Waals surface area contributed by atoms with E-state index in [4.69, 9.17) is 15.7 Å². The number of fused-ring (bicyclic) bond motifs is 6. The van der Waals surface area contributed by atoms with Crippen molar-refractivity contribution < 1.29 is 0 Å². The third-order valence-corrected chi connectivity index (χ3v) is 10.1. The SMILES string of the molecule is NC(=NC(=Nc1ccccc1)c1ccccc1)C1Cc2ccccc2C=C1C1=CC=C(n2c3ccccc3c3c4ccccc4ccc32)CC1. The van der Waals surface area contributed by atoms with Crippen LogP contribution in [0.15, 0.2) is 179 Å². The highest BCUT2D eigenvalue weighted by molar-refractivity contribution is 6.21. The summed E-state index contributed by atoms with van der Waals surface area (Å²) in [4.78, 5) is 10.0. The Balaban J connectivity index is 1.14. The fraction of sp³-hybridized carbons (Fsp3) is 0.0870. The summed E-state index contributed by atoms with van der Waals surface area (Å²) >= 11 is 0.